The van der Waals surface area contributed by atoms with Gasteiger partial charge < -0.3 is 4.57 Å². The zero-order valence-corrected chi connectivity index (χ0v) is 29.7. The van der Waals surface area contributed by atoms with E-state index in [4.69, 9.17) is 0 Å². The van der Waals surface area contributed by atoms with Crippen molar-refractivity contribution in [2.75, 3.05) is 0 Å². The minimum absolute atomic E-state index is 1.17. The fraction of sp³-hybridized carbons (Fsp3) is 0. The molecule has 0 fully saturated rings. The van der Waals surface area contributed by atoms with Crippen LogP contribution in [-0.4, -0.2) is 12.6 Å². The summed E-state index contributed by atoms with van der Waals surface area (Å²) in [5.41, 5.74) is 6.09. The van der Waals surface area contributed by atoms with E-state index in [1.54, 1.807) is 0 Å². The number of hydrogen-bond acceptors (Lipinski definition) is 1. The van der Waals surface area contributed by atoms with E-state index in [1.807, 2.05) is 11.3 Å². The first-order valence-electron chi connectivity index (χ1n) is 17.5. The van der Waals surface area contributed by atoms with Gasteiger partial charge in [0.1, 0.15) is 0 Å². The lowest BCUT2D eigenvalue weighted by atomic mass is 10.1. The summed E-state index contributed by atoms with van der Waals surface area (Å²) >= 11 is 1.88. The Morgan fingerprint density at radius 2 is 0.882 bits per heavy atom. The van der Waals surface area contributed by atoms with E-state index in [-0.39, 0.29) is 0 Å². The molecule has 0 amide bonds. The van der Waals surface area contributed by atoms with Crippen LogP contribution in [0.4, 0.5) is 0 Å². The molecule has 0 radical (unpaired) electrons. The molecule has 1 nitrogen and oxygen atoms in total. The quantitative estimate of drug-likeness (QED) is 0.121. The molecule has 0 aliphatic carbocycles. The van der Waals surface area contributed by atoms with Crippen LogP contribution in [0.15, 0.2) is 200 Å². The zero-order chi connectivity index (χ0) is 33.8. The molecular formula is C48H33NSSi. The van der Waals surface area contributed by atoms with Crippen LogP contribution in [0.5, 0.6) is 0 Å². The highest BCUT2D eigenvalue weighted by Crippen LogP contribution is 2.35. The van der Waals surface area contributed by atoms with Gasteiger partial charge in [0.2, 0.25) is 0 Å². The molecule has 240 valence electrons. The number of nitrogens with zero attached hydrogens (tertiary/aromatic N) is 1. The first-order valence-corrected chi connectivity index (χ1v) is 20.3. The van der Waals surface area contributed by atoms with E-state index in [2.05, 4.69) is 205 Å². The largest absolute Gasteiger partial charge is 0.309 e. The number of para-hydroxylation sites is 2. The second-order valence-electron chi connectivity index (χ2n) is 13.3. The molecule has 0 aliphatic rings. The number of rotatable bonds is 6. The van der Waals surface area contributed by atoms with Crippen molar-refractivity contribution in [2.24, 2.45) is 0 Å². The third-order valence-electron chi connectivity index (χ3n) is 10.5. The van der Waals surface area contributed by atoms with Gasteiger partial charge in [0.05, 0.1) is 11.0 Å². The van der Waals surface area contributed by atoms with Gasteiger partial charge in [0.25, 0.3) is 0 Å². The predicted octanol–water partition coefficient (Wildman–Crippen LogP) is 10.2. The second kappa shape index (κ2) is 12.1. The summed E-state index contributed by atoms with van der Waals surface area (Å²) in [5, 5.41) is 10.7. The Labute approximate surface area is 302 Å². The summed E-state index contributed by atoms with van der Waals surface area (Å²) in [6.07, 6.45) is 0. The molecule has 10 rings (SSSR count). The minimum atomic E-state index is -2.92. The normalized spacial score (nSPS) is 12.9. The predicted molar refractivity (Wildman–Crippen MR) is 223 cm³/mol. The van der Waals surface area contributed by atoms with Crippen molar-refractivity contribution >= 4 is 82.1 Å². The highest BCUT2D eigenvalue weighted by atomic mass is 32.1. The Morgan fingerprint density at radius 1 is 0.333 bits per heavy atom. The Balaban J connectivity index is 1.34. The fourth-order valence-corrected chi connectivity index (χ4v) is 14.2. The van der Waals surface area contributed by atoms with Crippen molar-refractivity contribution in [1.82, 2.24) is 4.57 Å². The van der Waals surface area contributed by atoms with Crippen LogP contribution in [0.3, 0.4) is 0 Å². The Morgan fingerprint density at radius 3 is 1.69 bits per heavy atom. The lowest BCUT2D eigenvalue weighted by Gasteiger charge is -2.35. The minimum Gasteiger partial charge on any atom is -0.309 e. The van der Waals surface area contributed by atoms with Gasteiger partial charge in [-0.3, -0.25) is 0 Å². The van der Waals surface area contributed by atoms with Gasteiger partial charge in [-0.25, -0.2) is 0 Å². The maximum absolute atomic E-state index is 2.92. The molecule has 51 heavy (non-hydrogen) atoms. The van der Waals surface area contributed by atoms with Crippen LogP contribution in [-0.2, 0) is 0 Å². The molecule has 8 aromatic carbocycles. The van der Waals surface area contributed by atoms with Gasteiger partial charge in [-0.15, -0.1) is 11.3 Å². The molecule has 1 unspecified atom stereocenters. The molecular weight excluding hydrogens is 651 g/mol. The number of thiophene rings is 1. The number of benzene rings is 8. The van der Waals surface area contributed by atoms with Crippen LogP contribution < -0.4 is 20.7 Å². The number of hydrogen-bond donors (Lipinski definition) is 0. The molecule has 0 spiro atoms. The van der Waals surface area contributed by atoms with Gasteiger partial charge >= 0.3 is 0 Å². The average Bonchev–Trinajstić information content (AvgIpc) is 3.75. The van der Waals surface area contributed by atoms with Gasteiger partial charge in [-0.1, -0.05) is 164 Å². The third kappa shape index (κ3) is 4.74. The Kier molecular flexibility index (Phi) is 7.09. The molecule has 0 bridgehead atoms. The van der Waals surface area contributed by atoms with Gasteiger partial charge in [-0.2, -0.15) is 0 Å². The van der Waals surface area contributed by atoms with Crippen molar-refractivity contribution in [2.45, 2.75) is 0 Å². The molecule has 1 atom stereocenters. The van der Waals surface area contributed by atoms with E-state index in [9.17, 15) is 0 Å². The van der Waals surface area contributed by atoms with Gasteiger partial charge in [-0.05, 0) is 68.3 Å². The zero-order valence-electron chi connectivity index (χ0n) is 27.9. The smallest absolute Gasteiger partial charge is 0.179 e. The summed E-state index contributed by atoms with van der Waals surface area (Å²) in [6, 6.07) is 74.7. The molecule has 2 heterocycles. The van der Waals surface area contributed by atoms with Crippen LogP contribution in [0.25, 0.3) is 58.8 Å². The highest BCUT2D eigenvalue weighted by molar-refractivity contribution is 7.26. The lowest BCUT2D eigenvalue weighted by molar-refractivity contribution is 1.18. The summed E-state index contributed by atoms with van der Waals surface area (Å²) in [6.45, 7) is 0. The number of fused-ring (bicyclic) bond motifs is 6. The van der Waals surface area contributed by atoms with E-state index < -0.39 is 8.07 Å². The van der Waals surface area contributed by atoms with Crippen LogP contribution in [0.2, 0.25) is 0 Å². The van der Waals surface area contributed by atoms with Crippen LogP contribution >= 0.6 is 11.3 Å². The van der Waals surface area contributed by atoms with E-state index in [0.717, 1.165) is 0 Å². The Bertz CT molecular complexity index is 2850. The van der Waals surface area contributed by atoms with Crippen LogP contribution in [0.1, 0.15) is 0 Å². The van der Waals surface area contributed by atoms with Crippen molar-refractivity contribution < 1.29 is 0 Å². The molecule has 0 saturated heterocycles. The SMILES string of the molecule is c1ccc(-c2cccc([Si](c3ccccc3)(c3ccc4sc5ccccc5c4c3)c3ccc4c(c3)c3ccccc3n4-c3ccccc3)c2)cc1. The van der Waals surface area contributed by atoms with E-state index in [1.165, 1.54) is 79.5 Å². The lowest BCUT2D eigenvalue weighted by Crippen LogP contribution is -2.74. The maximum Gasteiger partial charge on any atom is 0.179 e. The van der Waals surface area contributed by atoms with Gasteiger partial charge in [0, 0.05) is 36.6 Å². The molecule has 0 saturated carbocycles. The molecule has 2 aromatic heterocycles. The molecule has 0 aliphatic heterocycles. The van der Waals surface area contributed by atoms with Crippen LogP contribution in [0, 0.1) is 0 Å². The fourth-order valence-electron chi connectivity index (χ4n) is 8.27. The average molecular weight is 684 g/mol. The van der Waals surface area contributed by atoms with E-state index in [0.29, 0.717) is 0 Å². The third-order valence-corrected chi connectivity index (χ3v) is 16.4. The monoisotopic (exact) mass is 683 g/mol. The molecule has 10 aromatic rings. The number of aromatic nitrogens is 1. The first kappa shape index (κ1) is 29.9. The summed E-state index contributed by atoms with van der Waals surface area (Å²) in [4.78, 5) is 0. The van der Waals surface area contributed by atoms with Crippen molar-refractivity contribution in [1.29, 1.82) is 0 Å². The molecule has 3 heteroatoms. The maximum atomic E-state index is 2.53. The summed E-state index contributed by atoms with van der Waals surface area (Å²) < 4.78 is 5.08. The topological polar surface area (TPSA) is 4.93 Å². The second-order valence-corrected chi connectivity index (χ2v) is 18.2. The summed E-state index contributed by atoms with van der Waals surface area (Å²) in [7, 11) is -2.92. The Hall–Kier alpha value is -6.00. The first-order chi connectivity index (χ1) is 25.3. The van der Waals surface area contributed by atoms with Crippen molar-refractivity contribution in [3.63, 3.8) is 0 Å². The standard InChI is InChI=1S/C48H33NSSi/c1-4-15-34(16-5-1)35-17-14-22-38(31-35)51(37-20-8-3-9-21-37,40-28-30-48-44(33-40)42-24-11-13-26-47(42)50-48)39-27-29-46-43(32-39)41-23-10-12-25-45(41)49(46)36-18-6-2-7-19-36/h1-33H. The van der Waals surface area contributed by atoms with Crippen molar-refractivity contribution in [3.05, 3.63) is 200 Å². The van der Waals surface area contributed by atoms with E-state index >= 15 is 0 Å². The summed E-state index contributed by atoms with van der Waals surface area (Å²) in [5.74, 6) is 0. The molecule has 0 N–H and O–H groups in total. The highest BCUT2D eigenvalue weighted by Gasteiger charge is 2.42. The van der Waals surface area contributed by atoms with Gasteiger partial charge in [0.15, 0.2) is 8.07 Å². The van der Waals surface area contributed by atoms with Crippen molar-refractivity contribution in [3.8, 4) is 16.8 Å².